The summed E-state index contributed by atoms with van der Waals surface area (Å²) in [4.78, 5) is 19.8. The third kappa shape index (κ3) is 5.26. The number of hydrogen-bond acceptors (Lipinski definition) is 4. The molecule has 0 aromatic heterocycles. The molecule has 0 radical (unpaired) electrons. The van der Waals surface area contributed by atoms with Crippen molar-refractivity contribution in [2.75, 3.05) is 46.9 Å². The van der Waals surface area contributed by atoms with E-state index in [9.17, 15) is 4.79 Å². The second-order valence-corrected chi connectivity index (χ2v) is 5.36. The number of amides is 1. The number of nitrogens with two attached hydrogens (primary N) is 1. The first-order chi connectivity index (χ1) is 9.58. The van der Waals surface area contributed by atoms with E-state index >= 15 is 0 Å². The second kappa shape index (κ2) is 8.74. The molecule has 2 rings (SSSR count). The Morgan fingerprint density at radius 3 is 2.62 bits per heavy atom. The van der Waals surface area contributed by atoms with Crippen LogP contribution >= 0.6 is 24.0 Å². The Morgan fingerprint density at radius 1 is 1.33 bits per heavy atom. The first-order valence-electron chi connectivity index (χ1n) is 7.07. The van der Waals surface area contributed by atoms with Gasteiger partial charge in [0.1, 0.15) is 6.10 Å². The van der Waals surface area contributed by atoms with E-state index in [1.165, 1.54) is 0 Å². The van der Waals surface area contributed by atoms with Gasteiger partial charge in [0.05, 0.1) is 25.9 Å². The van der Waals surface area contributed by atoms with Crippen molar-refractivity contribution in [1.82, 2.24) is 9.80 Å². The Bertz CT molecular complexity index is 372. The number of nitrogens with zero attached hydrogens (tertiary/aromatic N) is 3. The molecule has 7 nitrogen and oxygen atoms in total. The number of carbonyl (C=O) groups is 1. The van der Waals surface area contributed by atoms with E-state index in [2.05, 4.69) is 4.99 Å². The standard InChI is InChI=1S/C13H24N4O3.HI/c1-16(2)12(18)11-4-3-10(20-11)9-15-13(14)17-5-7-19-8-6-17;/h10-11H,3-9H2,1-2H3,(H2,14,15);1H. The summed E-state index contributed by atoms with van der Waals surface area (Å²) >= 11 is 0. The number of hydrogen-bond donors (Lipinski definition) is 1. The molecule has 0 aromatic rings. The van der Waals surface area contributed by atoms with Crippen LogP contribution in [0.2, 0.25) is 0 Å². The molecule has 2 N–H and O–H groups in total. The first kappa shape index (κ1) is 18.4. The number of likely N-dealkylation sites (N-methyl/N-ethyl adjacent to an activating group) is 1. The van der Waals surface area contributed by atoms with E-state index in [0.717, 1.165) is 25.9 Å². The van der Waals surface area contributed by atoms with Gasteiger partial charge in [0.15, 0.2) is 5.96 Å². The molecule has 0 aliphatic carbocycles. The highest BCUT2D eigenvalue weighted by Crippen LogP contribution is 2.21. The normalized spacial score (nSPS) is 26.4. The maximum atomic E-state index is 11.8. The number of rotatable bonds is 3. The molecule has 2 unspecified atom stereocenters. The van der Waals surface area contributed by atoms with Crippen LogP contribution in [0.4, 0.5) is 0 Å². The number of aliphatic imine (C=N–C) groups is 1. The van der Waals surface area contributed by atoms with Crippen molar-refractivity contribution in [3.8, 4) is 0 Å². The summed E-state index contributed by atoms with van der Waals surface area (Å²) < 4.78 is 11.0. The SMILES string of the molecule is CN(C)C(=O)C1CCC(CN=C(N)N2CCOCC2)O1.I. The molecule has 0 bridgehead atoms. The number of halogens is 1. The van der Waals surface area contributed by atoms with Crippen molar-refractivity contribution in [3.05, 3.63) is 0 Å². The van der Waals surface area contributed by atoms with E-state index in [1.54, 1.807) is 19.0 Å². The largest absolute Gasteiger partial charge is 0.378 e. The zero-order valence-electron chi connectivity index (χ0n) is 12.7. The lowest BCUT2D eigenvalue weighted by Crippen LogP contribution is -2.45. The fraction of sp³-hybridized carbons (Fsp3) is 0.846. The highest BCUT2D eigenvalue weighted by Gasteiger charge is 2.31. The van der Waals surface area contributed by atoms with Crippen LogP contribution in [-0.4, -0.2) is 80.8 Å². The van der Waals surface area contributed by atoms with Gasteiger partial charge in [-0.3, -0.25) is 9.79 Å². The Morgan fingerprint density at radius 2 is 2.00 bits per heavy atom. The summed E-state index contributed by atoms with van der Waals surface area (Å²) in [6.45, 7) is 3.46. The molecule has 2 aliphatic heterocycles. The summed E-state index contributed by atoms with van der Waals surface area (Å²) in [5.41, 5.74) is 5.96. The molecule has 8 heteroatoms. The fourth-order valence-corrected chi connectivity index (χ4v) is 2.40. The van der Waals surface area contributed by atoms with Gasteiger partial charge in [-0.15, -0.1) is 24.0 Å². The lowest BCUT2D eigenvalue weighted by molar-refractivity contribution is -0.140. The van der Waals surface area contributed by atoms with Gasteiger partial charge in [0.2, 0.25) is 0 Å². The average molecular weight is 412 g/mol. The molecule has 0 spiro atoms. The summed E-state index contributed by atoms with van der Waals surface area (Å²) in [5, 5.41) is 0. The van der Waals surface area contributed by atoms with Crippen LogP contribution in [0.1, 0.15) is 12.8 Å². The van der Waals surface area contributed by atoms with E-state index in [1.807, 2.05) is 4.90 Å². The number of guanidine groups is 1. The topological polar surface area (TPSA) is 80.4 Å². The lowest BCUT2D eigenvalue weighted by atomic mass is 10.2. The molecule has 2 saturated heterocycles. The molecule has 2 aliphatic rings. The van der Waals surface area contributed by atoms with Crippen LogP contribution in [-0.2, 0) is 14.3 Å². The van der Waals surface area contributed by atoms with Gasteiger partial charge in [-0.25, -0.2) is 0 Å². The van der Waals surface area contributed by atoms with Crippen LogP contribution in [0.3, 0.4) is 0 Å². The zero-order chi connectivity index (χ0) is 14.5. The highest BCUT2D eigenvalue weighted by atomic mass is 127. The van der Waals surface area contributed by atoms with Crippen molar-refractivity contribution < 1.29 is 14.3 Å². The Kier molecular flexibility index (Phi) is 7.67. The van der Waals surface area contributed by atoms with Crippen molar-refractivity contribution >= 4 is 35.8 Å². The molecular formula is C13H25IN4O3. The van der Waals surface area contributed by atoms with Gasteiger partial charge >= 0.3 is 0 Å². The fourth-order valence-electron chi connectivity index (χ4n) is 2.40. The number of carbonyl (C=O) groups excluding carboxylic acids is 1. The number of ether oxygens (including phenoxy) is 2. The molecule has 1 amide bonds. The van der Waals surface area contributed by atoms with Crippen molar-refractivity contribution in [1.29, 1.82) is 0 Å². The molecule has 0 aromatic carbocycles. The monoisotopic (exact) mass is 412 g/mol. The molecular weight excluding hydrogens is 387 g/mol. The lowest BCUT2D eigenvalue weighted by Gasteiger charge is -2.27. The van der Waals surface area contributed by atoms with Crippen LogP contribution in [0.5, 0.6) is 0 Å². The smallest absolute Gasteiger partial charge is 0.251 e. The Hall–Kier alpha value is -0.610. The van der Waals surface area contributed by atoms with Crippen molar-refractivity contribution in [2.45, 2.75) is 25.0 Å². The summed E-state index contributed by atoms with van der Waals surface area (Å²) in [6, 6.07) is 0. The first-order valence-corrected chi connectivity index (χ1v) is 7.07. The van der Waals surface area contributed by atoms with Crippen LogP contribution in [0, 0.1) is 0 Å². The minimum atomic E-state index is -0.324. The van der Waals surface area contributed by atoms with E-state index in [0.29, 0.717) is 25.7 Å². The predicted octanol–water partition coefficient (Wildman–Crippen LogP) is -0.113. The van der Waals surface area contributed by atoms with Gasteiger partial charge in [0.25, 0.3) is 5.91 Å². The Labute approximate surface area is 142 Å². The third-order valence-corrected chi connectivity index (χ3v) is 3.62. The van der Waals surface area contributed by atoms with E-state index < -0.39 is 0 Å². The van der Waals surface area contributed by atoms with E-state index in [4.69, 9.17) is 15.2 Å². The van der Waals surface area contributed by atoms with Gasteiger partial charge < -0.3 is 25.0 Å². The van der Waals surface area contributed by atoms with Gasteiger partial charge in [0, 0.05) is 27.2 Å². The summed E-state index contributed by atoms with van der Waals surface area (Å²) in [7, 11) is 3.49. The van der Waals surface area contributed by atoms with Crippen LogP contribution in [0.15, 0.2) is 4.99 Å². The van der Waals surface area contributed by atoms with Gasteiger partial charge in [-0.1, -0.05) is 0 Å². The van der Waals surface area contributed by atoms with Crippen LogP contribution < -0.4 is 5.73 Å². The third-order valence-electron chi connectivity index (χ3n) is 3.62. The van der Waals surface area contributed by atoms with Gasteiger partial charge in [-0.05, 0) is 12.8 Å². The predicted molar refractivity (Wildman–Crippen MR) is 90.9 cm³/mol. The summed E-state index contributed by atoms with van der Waals surface area (Å²) in [6.07, 6.45) is 1.28. The maximum Gasteiger partial charge on any atom is 0.251 e. The molecule has 0 saturated carbocycles. The second-order valence-electron chi connectivity index (χ2n) is 5.36. The Balaban J connectivity index is 0.00000220. The molecule has 21 heavy (non-hydrogen) atoms. The van der Waals surface area contributed by atoms with Crippen molar-refractivity contribution in [3.63, 3.8) is 0 Å². The molecule has 2 atom stereocenters. The highest BCUT2D eigenvalue weighted by molar-refractivity contribution is 14.0. The van der Waals surface area contributed by atoms with E-state index in [-0.39, 0.29) is 42.1 Å². The zero-order valence-corrected chi connectivity index (χ0v) is 15.0. The minimum Gasteiger partial charge on any atom is -0.378 e. The quantitative estimate of drug-likeness (QED) is 0.398. The molecule has 2 heterocycles. The molecule has 122 valence electrons. The minimum absolute atomic E-state index is 0. The molecule has 2 fully saturated rings. The summed E-state index contributed by atoms with van der Waals surface area (Å²) in [5.74, 6) is 0.567. The van der Waals surface area contributed by atoms with Gasteiger partial charge in [-0.2, -0.15) is 0 Å². The van der Waals surface area contributed by atoms with Crippen LogP contribution in [0.25, 0.3) is 0 Å². The van der Waals surface area contributed by atoms with Crippen molar-refractivity contribution in [2.24, 2.45) is 10.7 Å². The maximum absolute atomic E-state index is 11.8. The number of morpholine rings is 1. The average Bonchev–Trinajstić information content (AvgIpc) is 2.93.